The second-order valence-corrected chi connectivity index (χ2v) is 6.11. The second-order valence-electron chi connectivity index (χ2n) is 5.71. The topological polar surface area (TPSA) is 15.3 Å². The highest BCUT2D eigenvalue weighted by molar-refractivity contribution is 6.31. The van der Waals surface area contributed by atoms with E-state index in [1.165, 1.54) is 5.56 Å². The largest absolute Gasteiger partial charge is 0.310 e. The lowest BCUT2D eigenvalue weighted by Crippen LogP contribution is -2.32. The Morgan fingerprint density at radius 1 is 1.20 bits per heavy atom. The molecule has 1 atom stereocenters. The number of halogens is 1. The zero-order valence-electron chi connectivity index (χ0n) is 13.3. The molecular formula is C17H29ClN2. The van der Waals surface area contributed by atoms with E-state index in [0.717, 1.165) is 37.6 Å². The zero-order chi connectivity index (χ0) is 15.0. The number of nitrogens with one attached hydrogen (secondary N) is 1. The van der Waals surface area contributed by atoms with Crippen molar-refractivity contribution in [3.63, 3.8) is 0 Å². The molecule has 0 aromatic heterocycles. The summed E-state index contributed by atoms with van der Waals surface area (Å²) >= 11 is 6.33. The van der Waals surface area contributed by atoms with Gasteiger partial charge in [-0.3, -0.25) is 0 Å². The molecule has 2 nitrogen and oxygen atoms in total. The first-order chi connectivity index (χ1) is 9.58. The van der Waals surface area contributed by atoms with Crippen molar-refractivity contribution in [2.24, 2.45) is 5.92 Å². The molecule has 0 aliphatic heterocycles. The van der Waals surface area contributed by atoms with Gasteiger partial charge in [-0.2, -0.15) is 0 Å². The van der Waals surface area contributed by atoms with Crippen molar-refractivity contribution in [2.75, 3.05) is 26.2 Å². The molecule has 0 fully saturated rings. The van der Waals surface area contributed by atoms with E-state index < -0.39 is 0 Å². The third-order valence-electron chi connectivity index (χ3n) is 3.54. The summed E-state index contributed by atoms with van der Waals surface area (Å²) in [5.74, 6) is 0.716. The van der Waals surface area contributed by atoms with Crippen molar-refractivity contribution < 1.29 is 0 Å². The smallest absolute Gasteiger partial charge is 0.0453 e. The van der Waals surface area contributed by atoms with Crippen LogP contribution in [0.1, 0.15) is 45.7 Å². The Labute approximate surface area is 129 Å². The molecule has 20 heavy (non-hydrogen) atoms. The molecule has 0 bridgehead atoms. The average Bonchev–Trinajstić information content (AvgIpc) is 2.42. The van der Waals surface area contributed by atoms with Crippen LogP contribution >= 0.6 is 11.6 Å². The van der Waals surface area contributed by atoms with Gasteiger partial charge in [-0.1, -0.05) is 57.5 Å². The highest BCUT2D eigenvalue weighted by atomic mass is 35.5. The van der Waals surface area contributed by atoms with Crippen molar-refractivity contribution in [3.05, 3.63) is 34.9 Å². The Bertz CT molecular complexity index is 379. The van der Waals surface area contributed by atoms with Crippen LogP contribution in [0.15, 0.2) is 24.3 Å². The monoisotopic (exact) mass is 296 g/mol. The molecule has 0 aliphatic carbocycles. The molecule has 1 aromatic carbocycles. The highest BCUT2D eigenvalue weighted by Crippen LogP contribution is 2.25. The van der Waals surface area contributed by atoms with Crippen LogP contribution in [0, 0.1) is 5.92 Å². The van der Waals surface area contributed by atoms with Crippen LogP contribution in [0.3, 0.4) is 0 Å². The minimum Gasteiger partial charge on any atom is -0.310 e. The van der Waals surface area contributed by atoms with Crippen molar-refractivity contribution in [2.45, 2.75) is 40.2 Å². The van der Waals surface area contributed by atoms with Crippen LogP contribution < -0.4 is 5.32 Å². The van der Waals surface area contributed by atoms with Gasteiger partial charge in [0.1, 0.15) is 0 Å². The Balaban J connectivity index is 2.66. The maximum Gasteiger partial charge on any atom is 0.0453 e. The summed E-state index contributed by atoms with van der Waals surface area (Å²) in [5.41, 5.74) is 1.22. The fraction of sp³-hybridized carbons (Fsp3) is 0.647. The van der Waals surface area contributed by atoms with Crippen molar-refractivity contribution >= 4 is 11.6 Å². The molecular weight excluding hydrogens is 268 g/mol. The summed E-state index contributed by atoms with van der Waals surface area (Å²) in [4.78, 5) is 2.52. The predicted molar refractivity (Wildman–Crippen MR) is 89.4 cm³/mol. The van der Waals surface area contributed by atoms with Crippen LogP contribution in [-0.4, -0.2) is 31.1 Å². The van der Waals surface area contributed by atoms with E-state index in [1.54, 1.807) is 0 Å². The molecule has 114 valence electrons. The zero-order valence-corrected chi connectivity index (χ0v) is 14.1. The van der Waals surface area contributed by atoms with E-state index >= 15 is 0 Å². The van der Waals surface area contributed by atoms with Crippen molar-refractivity contribution in [1.82, 2.24) is 10.2 Å². The minimum absolute atomic E-state index is 0.343. The maximum absolute atomic E-state index is 6.33. The quantitative estimate of drug-likeness (QED) is 0.728. The van der Waals surface area contributed by atoms with Crippen molar-refractivity contribution in [3.8, 4) is 0 Å². The molecule has 1 unspecified atom stereocenters. The summed E-state index contributed by atoms with van der Waals surface area (Å²) < 4.78 is 0. The van der Waals surface area contributed by atoms with E-state index in [-0.39, 0.29) is 0 Å². The molecule has 0 saturated heterocycles. The maximum atomic E-state index is 6.33. The summed E-state index contributed by atoms with van der Waals surface area (Å²) in [7, 11) is 0. The SMILES string of the molecule is CCNC(CCN(CC)CC(C)C)c1ccccc1Cl. The lowest BCUT2D eigenvalue weighted by molar-refractivity contribution is 0.242. The lowest BCUT2D eigenvalue weighted by atomic mass is 10.0. The van der Waals surface area contributed by atoms with E-state index in [0.29, 0.717) is 12.0 Å². The first-order valence-electron chi connectivity index (χ1n) is 7.78. The van der Waals surface area contributed by atoms with Gasteiger partial charge < -0.3 is 10.2 Å². The second kappa shape index (κ2) is 9.38. The number of nitrogens with zero attached hydrogens (tertiary/aromatic N) is 1. The Morgan fingerprint density at radius 2 is 1.90 bits per heavy atom. The minimum atomic E-state index is 0.343. The molecule has 1 aromatic rings. The molecule has 0 spiro atoms. The fourth-order valence-electron chi connectivity index (χ4n) is 2.58. The van der Waals surface area contributed by atoms with E-state index in [1.807, 2.05) is 12.1 Å². The molecule has 1 rings (SSSR count). The molecule has 0 saturated carbocycles. The Hall–Kier alpha value is -0.570. The Morgan fingerprint density at radius 3 is 2.45 bits per heavy atom. The van der Waals surface area contributed by atoms with Gasteiger partial charge in [-0.05, 0) is 43.6 Å². The number of rotatable bonds is 9. The van der Waals surface area contributed by atoms with Gasteiger partial charge in [0.15, 0.2) is 0 Å². The summed E-state index contributed by atoms with van der Waals surface area (Å²) in [6, 6.07) is 8.51. The predicted octanol–water partition coefficient (Wildman–Crippen LogP) is 4.36. The van der Waals surface area contributed by atoms with Gasteiger partial charge in [0.2, 0.25) is 0 Å². The Kier molecular flexibility index (Phi) is 8.20. The third kappa shape index (κ3) is 5.82. The number of benzene rings is 1. The van der Waals surface area contributed by atoms with Gasteiger partial charge >= 0.3 is 0 Å². The molecule has 0 heterocycles. The van der Waals surface area contributed by atoms with Crippen LogP contribution in [0.5, 0.6) is 0 Å². The molecule has 0 radical (unpaired) electrons. The van der Waals surface area contributed by atoms with E-state index in [2.05, 4.69) is 50.0 Å². The lowest BCUT2D eigenvalue weighted by Gasteiger charge is -2.26. The van der Waals surface area contributed by atoms with Gasteiger partial charge in [0, 0.05) is 17.6 Å². The van der Waals surface area contributed by atoms with Gasteiger partial charge in [0.05, 0.1) is 0 Å². The number of hydrogen-bond donors (Lipinski definition) is 1. The van der Waals surface area contributed by atoms with Gasteiger partial charge in [0.25, 0.3) is 0 Å². The first kappa shape index (κ1) is 17.5. The summed E-state index contributed by atoms with van der Waals surface area (Å²) in [5, 5.41) is 4.43. The molecule has 3 heteroatoms. The van der Waals surface area contributed by atoms with E-state index in [4.69, 9.17) is 11.6 Å². The number of hydrogen-bond acceptors (Lipinski definition) is 2. The standard InChI is InChI=1S/C17H29ClN2/c1-5-19-17(15-9-7-8-10-16(15)18)11-12-20(6-2)13-14(3)4/h7-10,14,17,19H,5-6,11-13H2,1-4H3. The summed E-state index contributed by atoms with van der Waals surface area (Å²) in [6.45, 7) is 13.3. The van der Waals surface area contributed by atoms with E-state index in [9.17, 15) is 0 Å². The molecule has 0 amide bonds. The van der Waals surface area contributed by atoms with Crippen LogP contribution in [0.4, 0.5) is 0 Å². The summed E-state index contributed by atoms with van der Waals surface area (Å²) in [6.07, 6.45) is 1.10. The average molecular weight is 297 g/mol. The third-order valence-corrected chi connectivity index (χ3v) is 3.88. The van der Waals surface area contributed by atoms with Crippen molar-refractivity contribution in [1.29, 1.82) is 0 Å². The molecule has 1 N–H and O–H groups in total. The molecule has 0 aliphatic rings. The van der Waals surface area contributed by atoms with Crippen LogP contribution in [0.2, 0.25) is 5.02 Å². The fourth-order valence-corrected chi connectivity index (χ4v) is 2.85. The first-order valence-corrected chi connectivity index (χ1v) is 8.16. The van der Waals surface area contributed by atoms with Crippen LogP contribution in [0.25, 0.3) is 0 Å². The van der Waals surface area contributed by atoms with Gasteiger partial charge in [-0.15, -0.1) is 0 Å². The highest BCUT2D eigenvalue weighted by Gasteiger charge is 2.15. The normalized spacial score (nSPS) is 13.2. The van der Waals surface area contributed by atoms with Gasteiger partial charge in [-0.25, -0.2) is 0 Å². The van der Waals surface area contributed by atoms with Crippen LogP contribution in [-0.2, 0) is 0 Å².